The first-order valence-electron chi connectivity index (χ1n) is 20.3. The summed E-state index contributed by atoms with van der Waals surface area (Å²) >= 11 is 0. The van der Waals surface area contributed by atoms with Gasteiger partial charge in [0, 0.05) is 32.9 Å². The van der Waals surface area contributed by atoms with Gasteiger partial charge in [-0.15, -0.1) is 0 Å². The summed E-state index contributed by atoms with van der Waals surface area (Å²) in [6.45, 7) is 12.8. The number of rotatable bonds is 7. The zero-order valence-electron chi connectivity index (χ0n) is 33.4. The van der Waals surface area contributed by atoms with Crippen LogP contribution in [0.1, 0.15) is 36.1 Å². The Morgan fingerprint density at radius 3 is 1.85 bits per heavy atom. The van der Waals surface area contributed by atoms with Crippen molar-refractivity contribution in [3.8, 4) is 67.5 Å². The van der Waals surface area contributed by atoms with Gasteiger partial charge in [-0.1, -0.05) is 179 Å². The van der Waals surface area contributed by atoms with Crippen molar-refractivity contribution in [2.45, 2.75) is 19.3 Å². The summed E-state index contributed by atoms with van der Waals surface area (Å²) in [4.78, 5) is 15.4. The van der Waals surface area contributed by atoms with Crippen molar-refractivity contribution in [3.63, 3.8) is 0 Å². The van der Waals surface area contributed by atoms with Crippen LogP contribution in [0.25, 0.3) is 112 Å². The summed E-state index contributed by atoms with van der Waals surface area (Å²) in [6.07, 6.45) is 3.83. The van der Waals surface area contributed by atoms with Gasteiger partial charge in [-0.2, -0.15) is 0 Å². The molecule has 0 saturated carbocycles. The van der Waals surface area contributed by atoms with Gasteiger partial charge in [0.25, 0.3) is 0 Å². The maximum atomic E-state index is 6.49. The maximum absolute atomic E-state index is 6.49. The van der Waals surface area contributed by atoms with Crippen LogP contribution in [0.15, 0.2) is 181 Å². The number of furan rings is 1. The van der Waals surface area contributed by atoms with Crippen molar-refractivity contribution in [1.29, 1.82) is 0 Å². The van der Waals surface area contributed by atoms with E-state index in [1.807, 2.05) is 36.4 Å². The Labute approximate surface area is 348 Å². The predicted molar refractivity (Wildman–Crippen MR) is 250 cm³/mol. The molecule has 2 aromatic heterocycles. The van der Waals surface area contributed by atoms with Gasteiger partial charge in [0.1, 0.15) is 11.2 Å². The van der Waals surface area contributed by atoms with Crippen molar-refractivity contribution in [2.24, 2.45) is 0 Å². The standard InChI is InChI=1S/C56H39N3O/c1-5-34-32-45(42-19-11-10-18-41(42)39(34)6-2)38-30-31-49-46(33-38)52-40(21-15-25-50(52)60-49)35-26-28-37(29-27-35)54-57-53(36-16-8-7-9-17-36)58-55(59-54)44-22-14-24-48-51(44)43-20-12-13-23-47(43)56(48,3)4/h5-33H,1-2H2,3-4H3. The lowest BCUT2D eigenvalue weighted by atomic mass is 9.82. The van der Waals surface area contributed by atoms with Crippen LogP contribution in [-0.4, -0.2) is 15.0 Å². The molecule has 0 bridgehead atoms. The van der Waals surface area contributed by atoms with Gasteiger partial charge < -0.3 is 4.42 Å². The first kappa shape index (κ1) is 35.5. The number of benzene rings is 8. The van der Waals surface area contributed by atoms with E-state index in [1.165, 1.54) is 27.6 Å². The molecule has 0 radical (unpaired) electrons. The first-order valence-corrected chi connectivity index (χ1v) is 20.3. The summed E-state index contributed by atoms with van der Waals surface area (Å²) in [6, 6.07) is 57.5. The van der Waals surface area contributed by atoms with Crippen molar-refractivity contribution < 1.29 is 4.42 Å². The van der Waals surface area contributed by atoms with Crippen LogP contribution in [-0.2, 0) is 5.41 Å². The molecule has 0 fully saturated rings. The monoisotopic (exact) mass is 769 g/mol. The normalized spacial score (nSPS) is 12.8. The quantitative estimate of drug-likeness (QED) is 0.162. The van der Waals surface area contributed by atoms with Gasteiger partial charge in [-0.05, 0) is 90.7 Å². The molecule has 284 valence electrons. The molecule has 60 heavy (non-hydrogen) atoms. The lowest BCUT2D eigenvalue weighted by Crippen LogP contribution is -2.14. The minimum absolute atomic E-state index is 0.138. The number of hydrogen-bond donors (Lipinski definition) is 0. The van der Waals surface area contributed by atoms with E-state index in [-0.39, 0.29) is 5.41 Å². The Balaban J connectivity index is 1.04. The largest absolute Gasteiger partial charge is 0.456 e. The molecule has 0 unspecified atom stereocenters. The van der Waals surface area contributed by atoms with Crippen LogP contribution in [0, 0.1) is 0 Å². The average Bonchev–Trinajstić information content (AvgIpc) is 3.80. The van der Waals surface area contributed by atoms with Crippen molar-refractivity contribution in [2.75, 3.05) is 0 Å². The summed E-state index contributed by atoms with van der Waals surface area (Å²) < 4.78 is 6.49. The highest BCUT2D eigenvalue weighted by atomic mass is 16.3. The number of fused-ring (bicyclic) bond motifs is 7. The fourth-order valence-electron chi connectivity index (χ4n) is 9.37. The molecule has 1 aliphatic rings. The molecule has 0 amide bonds. The highest BCUT2D eigenvalue weighted by Gasteiger charge is 2.37. The van der Waals surface area contributed by atoms with E-state index in [0.29, 0.717) is 17.5 Å². The molecule has 0 spiro atoms. The van der Waals surface area contributed by atoms with Crippen LogP contribution in [0.4, 0.5) is 0 Å². The van der Waals surface area contributed by atoms with Gasteiger partial charge in [-0.25, -0.2) is 15.0 Å². The first-order chi connectivity index (χ1) is 29.4. The Morgan fingerprint density at radius 2 is 1.07 bits per heavy atom. The minimum Gasteiger partial charge on any atom is -0.456 e. The van der Waals surface area contributed by atoms with Crippen molar-refractivity contribution in [1.82, 2.24) is 15.0 Å². The van der Waals surface area contributed by atoms with Crippen molar-refractivity contribution in [3.05, 3.63) is 199 Å². The van der Waals surface area contributed by atoms with Gasteiger partial charge in [0.15, 0.2) is 17.5 Å². The average molecular weight is 770 g/mol. The summed E-state index contributed by atoms with van der Waals surface area (Å²) in [5, 5.41) is 4.46. The van der Waals surface area contributed by atoms with E-state index in [2.05, 4.69) is 167 Å². The zero-order chi connectivity index (χ0) is 40.5. The van der Waals surface area contributed by atoms with Crippen LogP contribution in [0.3, 0.4) is 0 Å². The number of nitrogens with zero attached hydrogens (tertiary/aromatic N) is 3. The molecule has 4 heteroatoms. The molecule has 0 saturated heterocycles. The van der Waals surface area contributed by atoms with Gasteiger partial charge in [-0.3, -0.25) is 0 Å². The van der Waals surface area contributed by atoms with Gasteiger partial charge in [0.2, 0.25) is 0 Å². The van der Waals surface area contributed by atoms with E-state index >= 15 is 0 Å². The fraction of sp³-hybridized carbons (Fsp3) is 0.0536. The Morgan fingerprint density at radius 1 is 0.450 bits per heavy atom. The maximum Gasteiger partial charge on any atom is 0.164 e. The van der Waals surface area contributed by atoms with Crippen LogP contribution >= 0.6 is 0 Å². The summed E-state index contributed by atoms with van der Waals surface area (Å²) in [5.74, 6) is 1.92. The third kappa shape index (κ3) is 5.49. The number of aromatic nitrogens is 3. The third-order valence-electron chi connectivity index (χ3n) is 12.3. The minimum atomic E-state index is -0.138. The Hall–Kier alpha value is -7.69. The van der Waals surface area contributed by atoms with E-state index < -0.39 is 0 Å². The van der Waals surface area contributed by atoms with Crippen LogP contribution in [0.2, 0.25) is 0 Å². The topological polar surface area (TPSA) is 51.8 Å². The smallest absolute Gasteiger partial charge is 0.164 e. The lowest BCUT2D eigenvalue weighted by Gasteiger charge is -2.21. The summed E-state index contributed by atoms with van der Waals surface area (Å²) in [5.41, 5.74) is 16.0. The molecule has 8 aromatic carbocycles. The molecule has 11 rings (SSSR count). The predicted octanol–water partition coefficient (Wildman–Crippen LogP) is 14.9. The van der Waals surface area contributed by atoms with E-state index in [0.717, 1.165) is 77.4 Å². The van der Waals surface area contributed by atoms with E-state index in [4.69, 9.17) is 19.4 Å². The molecular formula is C56H39N3O. The van der Waals surface area contributed by atoms with E-state index in [9.17, 15) is 0 Å². The Kier molecular flexibility index (Phi) is 8.11. The molecule has 1 aliphatic carbocycles. The second-order valence-corrected chi connectivity index (χ2v) is 16.0. The second-order valence-electron chi connectivity index (χ2n) is 16.0. The van der Waals surface area contributed by atoms with Gasteiger partial charge in [0.05, 0.1) is 0 Å². The second kappa shape index (κ2) is 13.7. The lowest BCUT2D eigenvalue weighted by molar-refractivity contribution is 0.660. The Bertz CT molecular complexity index is 3370. The third-order valence-corrected chi connectivity index (χ3v) is 12.3. The van der Waals surface area contributed by atoms with Crippen LogP contribution < -0.4 is 0 Å². The molecule has 2 heterocycles. The van der Waals surface area contributed by atoms with Gasteiger partial charge >= 0.3 is 0 Å². The molecule has 10 aromatic rings. The van der Waals surface area contributed by atoms with E-state index in [1.54, 1.807) is 0 Å². The molecule has 4 nitrogen and oxygen atoms in total. The summed E-state index contributed by atoms with van der Waals surface area (Å²) in [7, 11) is 0. The fourth-order valence-corrected chi connectivity index (χ4v) is 9.37. The zero-order valence-corrected chi connectivity index (χ0v) is 33.4. The molecular weight excluding hydrogens is 731 g/mol. The number of hydrogen-bond acceptors (Lipinski definition) is 4. The highest BCUT2D eigenvalue weighted by molar-refractivity contribution is 6.14. The van der Waals surface area contributed by atoms with Crippen molar-refractivity contribution >= 4 is 44.9 Å². The molecule has 0 aliphatic heterocycles. The molecule has 0 N–H and O–H groups in total. The SMILES string of the molecule is C=Cc1cc(-c2ccc3oc4cccc(-c5ccc(-c6nc(-c7ccccc7)nc(-c7cccc8c7-c7ccccc7C8(C)C)n6)cc5)c4c3c2)c2ccccc2c1C=C. The van der Waals surface area contributed by atoms with Crippen LogP contribution in [0.5, 0.6) is 0 Å². The molecule has 0 atom stereocenters. The highest BCUT2D eigenvalue weighted by Crippen LogP contribution is 2.52.